The van der Waals surface area contributed by atoms with E-state index in [9.17, 15) is 14.4 Å². The van der Waals surface area contributed by atoms with Crippen molar-refractivity contribution in [3.63, 3.8) is 0 Å². The fourth-order valence-corrected chi connectivity index (χ4v) is 1.78. The molecule has 0 saturated carbocycles. The monoisotopic (exact) mass is 293 g/mol. The van der Waals surface area contributed by atoms with Gasteiger partial charge in [0.2, 0.25) is 5.91 Å². The first-order chi connectivity index (χ1) is 10.1. The number of carbonyl (C=O) groups excluding carboxylic acids is 3. The van der Waals surface area contributed by atoms with Gasteiger partial charge >= 0.3 is 11.9 Å². The number of ether oxygens (including phenoxy) is 2. The standard InChI is InChI=1S/C15H19NO5/c1-20-14(18)9-8-12(15(19)21-2)16-13(17)10-11-6-4-3-5-7-11/h3-7,12H,8-10H2,1-2H3,(H,16,17)/t12-/m0/s1. The minimum atomic E-state index is -0.856. The van der Waals surface area contributed by atoms with Gasteiger partial charge in [0.1, 0.15) is 6.04 Å². The minimum absolute atomic E-state index is 0.0296. The van der Waals surface area contributed by atoms with E-state index in [1.54, 1.807) is 0 Å². The van der Waals surface area contributed by atoms with Crippen LogP contribution in [0.15, 0.2) is 30.3 Å². The number of benzene rings is 1. The third-order valence-electron chi connectivity index (χ3n) is 2.89. The zero-order chi connectivity index (χ0) is 15.7. The van der Waals surface area contributed by atoms with E-state index in [-0.39, 0.29) is 25.2 Å². The third-order valence-corrected chi connectivity index (χ3v) is 2.89. The van der Waals surface area contributed by atoms with Crippen LogP contribution >= 0.6 is 0 Å². The number of nitrogens with one attached hydrogen (secondary N) is 1. The van der Waals surface area contributed by atoms with Crippen molar-refractivity contribution in [1.82, 2.24) is 5.32 Å². The molecule has 6 heteroatoms. The molecule has 1 aromatic carbocycles. The minimum Gasteiger partial charge on any atom is -0.469 e. The third kappa shape index (κ3) is 6.07. The molecule has 0 aliphatic heterocycles. The summed E-state index contributed by atoms with van der Waals surface area (Å²) in [6.07, 6.45) is 0.328. The fourth-order valence-electron chi connectivity index (χ4n) is 1.78. The molecule has 0 bridgehead atoms. The first-order valence-corrected chi connectivity index (χ1v) is 6.54. The number of amides is 1. The molecule has 0 heterocycles. The molecule has 6 nitrogen and oxygen atoms in total. The van der Waals surface area contributed by atoms with Crippen LogP contribution in [0.1, 0.15) is 18.4 Å². The van der Waals surface area contributed by atoms with Gasteiger partial charge in [0, 0.05) is 6.42 Å². The van der Waals surface area contributed by atoms with Gasteiger partial charge < -0.3 is 14.8 Å². The molecule has 114 valence electrons. The van der Waals surface area contributed by atoms with Crippen LogP contribution < -0.4 is 5.32 Å². The van der Waals surface area contributed by atoms with Crippen molar-refractivity contribution in [1.29, 1.82) is 0 Å². The molecule has 1 rings (SSSR count). The summed E-state index contributed by atoms with van der Waals surface area (Å²) in [6, 6.07) is 8.30. The quantitative estimate of drug-likeness (QED) is 0.753. The maximum Gasteiger partial charge on any atom is 0.328 e. The van der Waals surface area contributed by atoms with E-state index in [4.69, 9.17) is 0 Å². The summed E-state index contributed by atoms with van der Waals surface area (Å²) in [7, 11) is 2.50. The van der Waals surface area contributed by atoms with Gasteiger partial charge in [-0.3, -0.25) is 9.59 Å². The Bertz CT molecular complexity index is 486. The van der Waals surface area contributed by atoms with E-state index < -0.39 is 18.0 Å². The highest BCUT2D eigenvalue weighted by Gasteiger charge is 2.22. The van der Waals surface area contributed by atoms with Gasteiger partial charge in [-0.05, 0) is 12.0 Å². The van der Waals surface area contributed by atoms with Crippen molar-refractivity contribution >= 4 is 17.8 Å². The van der Waals surface area contributed by atoms with Crippen LogP contribution in [0.4, 0.5) is 0 Å². The lowest BCUT2D eigenvalue weighted by Gasteiger charge is -2.16. The summed E-state index contributed by atoms with van der Waals surface area (Å²) in [5.41, 5.74) is 0.839. The maximum atomic E-state index is 11.9. The summed E-state index contributed by atoms with van der Waals surface area (Å²) in [6.45, 7) is 0. The van der Waals surface area contributed by atoms with Gasteiger partial charge in [0.15, 0.2) is 0 Å². The molecule has 0 aliphatic carbocycles. The predicted molar refractivity (Wildman–Crippen MR) is 75.3 cm³/mol. The van der Waals surface area contributed by atoms with Crippen LogP contribution in [0, 0.1) is 0 Å². The van der Waals surface area contributed by atoms with Crippen LogP contribution in [0.2, 0.25) is 0 Å². The second-order valence-electron chi connectivity index (χ2n) is 4.42. The Hall–Kier alpha value is -2.37. The number of hydrogen-bond donors (Lipinski definition) is 1. The molecule has 1 amide bonds. The summed E-state index contributed by atoms with van der Waals surface area (Å²) in [4.78, 5) is 34.7. The second kappa shape index (κ2) is 8.73. The number of rotatable bonds is 7. The topological polar surface area (TPSA) is 81.7 Å². The second-order valence-corrected chi connectivity index (χ2v) is 4.42. The predicted octanol–water partition coefficient (Wildman–Crippen LogP) is 0.840. The van der Waals surface area contributed by atoms with Crippen LogP contribution in [0.3, 0.4) is 0 Å². The van der Waals surface area contributed by atoms with E-state index >= 15 is 0 Å². The van der Waals surface area contributed by atoms with Crippen LogP contribution in [-0.4, -0.2) is 38.1 Å². The van der Waals surface area contributed by atoms with Crippen molar-refractivity contribution in [2.24, 2.45) is 0 Å². The maximum absolute atomic E-state index is 11.9. The Kier molecular flexibility index (Phi) is 6.94. The highest BCUT2D eigenvalue weighted by atomic mass is 16.5. The molecule has 0 saturated heterocycles. The van der Waals surface area contributed by atoms with Crippen LogP contribution in [-0.2, 0) is 30.3 Å². The number of methoxy groups -OCH3 is 2. The number of esters is 2. The Morgan fingerprint density at radius 3 is 2.33 bits per heavy atom. The molecule has 1 aromatic rings. The molecule has 21 heavy (non-hydrogen) atoms. The first kappa shape index (κ1) is 16.7. The van der Waals surface area contributed by atoms with E-state index in [1.165, 1.54) is 14.2 Å². The molecule has 0 radical (unpaired) electrons. The van der Waals surface area contributed by atoms with Crippen molar-refractivity contribution in [2.45, 2.75) is 25.3 Å². The largest absolute Gasteiger partial charge is 0.469 e. The molecule has 0 spiro atoms. The smallest absolute Gasteiger partial charge is 0.328 e. The first-order valence-electron chi connectivity index (χ1n) is 6.54. The molecule has 0 aromatic heterocycles. The van der Waals surface area contributed by atoms with Gasteiger partial charge in [-0.2, -0.15) is 0 Å². The van der Waals surface area contributed by atoms with E-state index in [0.717, 1.165) is 5.56 Å². The Balaban J connectivity index is 2.57. The highest BCUT2D eigenvalue weighted by Crippen LogP contribution is 2.04. The van der Waals surface area contributed by atoms with Gasteiger partial charge in [0.05, 0.1) is 20.6 Å². The van der Waals surface area contributed by atoms with E-state index in [2.05, 4.69) is 14.8 Å². The van der Waals surface area contributed by atoms with Crippen molar-refractivity contribution in [2.75, 3.05) is 14.2 Å². The lowest BCUT2D eigenvalue weighted by molar-refractivity contribution is -0.146. The summed E-state index contributed by atoms with van der Waals surface area (Å²) in [5, 5.41) is 2.57. The highest BCUT2D eigenvalue weighted by molar-refractivity contribution is 5.86. The molecular formula is C15H19NO5. The summed E-state index contributed by atoms with van der Waals surface area (Å²) < 4.78 is 9.13. The van der Waals surface area contributed by atoms with Gasteiger partial charge in [-0.15, -0.1) is 0 Å². The van der Waals surface area contributed by atoms with Crippen molar-refractivity contribution in [3.8, 4) is 0 Å². The molecule has 0 unspecified atom stereocenters. The zero-order valence-electron chi connectivity index (χ0n) is 12.1. The Labute approximate surface area is 123 Å². The van der Waals surface area contributed by atoms with Gasteiger partial charge in [-0.1, -0.05) is 30.3 Å². The van der Waals surface area contributed by atoms with Gasteiger partial charge in [-0.25, -0.2) is 4.79 Å². The summed E-state index contributed by atoms with van der Waals surface area (Å²) in [5.74, 6) is -1.33. The van der Waals surface area contributed by atoms with E-state index in [1.807, 2.05) is 30.3 Å². The fraction of sp³-hybridized carbons (Fsp3) is 0.400. The average Bonchev–Trinajstić information content (AvgIpc) is 2.51. The van der Waals surface area contributed by atoms with Crippen molar-refractivity contribution in [3.05, 3.63) is 35.9 Å². The number of hydrogen-bond acceptors (Lipinski definition) is 5. The molecule has 1 atom stereocenters. The van der Waals surface area contributed by atoms with Gasteiger partial charge in [0.25, 0.3) is 0 Å². The number of carbonyl (C=O) groups is 3. The van der Waals surface area contributed by atoms with Crippen LogP contribution in [0.5, 0.6) is 0 Å². The average molecular weight is 293 g/mol. The molecule has 0 aliphatic rings. The summed E-state index contributed by atoms with van der Waals surface area (Å²) >= 11 is 0. The van der Waals surface area contributed by atoms with Crippen molar-refractivity contribution < 1.29 is 23.9 Å². The Morgan fingerprint density at radius 1 is 1.10 bits per heavy atom. The normalized spacial score (nSPS) is 11.3. The Morgan fingerprint density at radius 2 is 1.76 bits per heavy atom. The van der Waals surface area contributed by atoms with E-state index in [0.29, 0.717) is 0 Å². The molecule has 0 fully saturated rings. The SMILES string of the molecule is COC(=O)CC[C@H](NC(=O)Cc1ccccc1)C(=O)OC. The van der Waals surface area contributed by atoms with Crippen LogP contribution in [0.25, 0.3) is 0 Å². The lowest BCUT2D eigenvalue weighted by atomic mass is 10.1. The molecule has 1 N–H and O–H groups in total. The zero-order valence-corrected chi connectivity index (χ0v) is 12.1. The lowest BCUT2D eigenvalue weighted by Crippen LogP contribution is -2.42. The molecular weight excluding hydrogens is 274 g/mol.